The van der Waals surface area contributed by atoms with Crippen molar-refractivity contribution in [2.24, 2.45) is 0 Å². The van der Waals surface area contributed by atoms with Crippen molar-refractivity contribution in [3.05, 3.63) is 91.0 Å². The number of carbonyl (C=O) groups excluding carboxylic acids is 2. The SMILES string of the molecule is CC(=O)OCCCBr.CC(=O)OCCC[P+](c1ccccc1)(c1ccccc1)c1ccccc1.OCCCBr.OCCCO.[Br-]. The minimum absolute atomic E-state index is 0. The molecule has 0 aliphatic carbocycles. The Hall–Kier alpha value is -1.65. The van der Waals surface area contributed by atoms with E-state index in [0.717, 1.165) is 36.1 Å². The van der Waals surface area contributed by atoms with Crippen LogP contribution < -0.4 is 32.9 Å². The monoisotopic (exact) mass is 836 g/mol. The van der Waals surface area contributed by atoms with Crippen molar-refractivity contribution >= 4 is 67.0 Å². The second-order valence-corrected chi connectivity index (χ2v) is 14.4. The van der Waals surface area contributed by atoms with Crippen LogP contribution in [0.5, 0.6) is 0 Å². The Bertz CT molecular complexity index is 988. The highest BCUT2D eigenvalue weighted by Crippen LogP contribution is 2.55. The average Bonchev–Trinajstić information content (AvgIpc) is 3.04. The summed E-state index contributed by atoms with van der Waals surface area (Å²) >= 11 is 6.36. The van der Waals surface area contributed by atoms with Crippen molar-refractivity contribution in [3.63, 3.8) is 0 Å². The van der Waals surface area contributed by atoms with Gasteiger partial charge in [0.05, 0.1) is 19.4 Å². The van der Waals surface area contributed by atoms with Gasteiger partial charge < -0.3 is 41.8 Å². The summed E-state index contributed by atoms with van der Waals surface area (Å²) in [4.78, 5) is 21.2. The van der Waals surface area contributed by atoms with Gasteiger partial charge in [0.25, 0.3) is 0 Å². The molecule has 7 nitrogen and oxygen atoms in total. The van der Waals surface area contributed by atoms with Gasteiger partial charge in [0.1, 0.15) is 23.2 Å². The molecule has 0 saturated carbocycles. The van der Waals surface area contributed by atoms with E-state index in [9.17, 15) is 9.59 Å². The Kier molecular flexibility index (Phi) is 31.3. The normalized spacial score (nSPS) is 9.84. The third kappa shape index (κ3) is 21.0. The Morgan fingerprint density at radius 1 is 0.578 bits per heavy atom. The minimum atomic E-state index is -1.80. The standard InChI is InChI=1S/C23H24O2P.C5H9BrO2.C3H7BrO.C3H8O2.BrH/c1-20(24)25-18-11-19-26(21-12-5-2-6-13-21,22-14-7-3-8-15-22)23-16-9-4-10-17-23;1-5(7)8-4-2-3-6;2*4-2-1-3-5;/h2-10,12-17H,11,18-19H2,1H3;2-4H2,1H3;5H,1-3H2;4-5H,1-3H2;1H/q+1;;;;/p-1. The zero-order valence-corrected chi connectivity index (χ0v) is 31.9. The molecule has 3 aromatic carbocycles. The molecule has 0 bridgehead atoms. The van der Waals surface area contributed by atoms with Crippen molar-refractivity contribution in [2.45, 2.75) is 39.5 Å². The number of carbonyl (C=O) groups is 2. The molecule has 45 heavy (non-hydrogen) atoms. The van der Waals surface area contributed by atoms with Crippen LogP contribution in [0, 0.1) is 0 Å². The summed E-state index contributed by atoms with van der Waals surface area (Å²) in [5.74, 6) is -0.418. The molecule has 0 fully saturated rings. The molecule has 252 valence electrons. The molecule has 0 aromatic heterocycles. The number of benzene rings is 3. The van der Waals surface area contributed by atoms with Crippen LogP contribution >= 0.6 is 39.1 Å². The predicted octanol–water partition coefficient (Wildman–Crippen LogP) is 2.40. The van der Waals surface area contributed by atoms with E-state index in [2.05, 4.69) is 128 Å². The molecule has 11 heteroatoms. The van der Waals surface area contributed by atoms with Gasteiger partial charge in [-0.3, -0.25) is 9.59 Å². The molecule has 0 aliphatic rings. The topological polar surface area (TPSA) is 113 Å². The molecule has 3 N–H and O–H groups in total. The number of rotatable bonds is 14. The maximum atomic E-state index is 11.2. The Morgan fingerprint density at radius 3 is 1.16 bits per heavy atom. The number of alkyl halides is 2. The van der Waals surface area contributed by atoms with E-state index in [1.807, 2.05) is 0 Å². The molecule has 0 radical (unpaired) electrons. The van der Waals surface area contributed by atoms with Gasteiger partial charge in [-0.05, 0) is 55.7 Å². The summed E-state index contributed by atoms with van der Waals surface area (Å²) in [6.45, 7) is 4.35. The highest BCUT2D eigenvalue weighted by Gasteiger charge is 2.44. The van der Waals surface area contributed by atoms with Crippen LogP contribution in [0.4, 0.5) is 0 Å². The maximum absolute atomic E-state index is 11.2. The third-order valence-electron chi connectivity index (χ3n) is 5.73. The summed E-state index contributed by atoms with van der Waals surface area (Å²) in [5, 5.41) is 29.7. The van der Waals surface area contributed by atoms with Gasteiger partial charge in [0.2, 0.25) is 0 Å². The van der Waals surface area contributed by atoms with Crippen molar-refractivity contribution in [2.75, 3.05) is 49.9 Å². The number of ether oxygens (including phenoxy) is 2. The Labute approximate surface area is 297 Å². The summed E-state index contributed by atoms with van der Waals surface area (Å²) in [6.07, 6.45) is 4.06. The lowest BCUT2D eigenvalue weighted by molar-refractivity contribution is -0.141. The summed E-state index contributed by atoms with van der Waals surface area (Å²) in [6, 6.07) is 32.3. The number of esters is 2. The second-order valence-electron chi connectivity index (χ2n) is 9.18. The molecule has 3 rings (SSSR count). The van der Waals surface area contributed by atoms with E-state index in [1.54, 1.807) is 0 Å². The first-order valence-corrected chi connectivity index (χ1v) is 18.8. The molecule has 0 saturated heterocycles. The zero-order valence-electron chi connectivity index (χ0n) is 26.2. The van der Waals surface area contributed by atoms with Crippen molar-refractivity contribution in [1.82, 2.24) is 0 Å². The Morgan fingerprint density at radius 2 is 0.911 bits per heavy atom. The fraction of sp³-hybridized carbons (Fsp3) is 0.412. The van der Waals surface area contributed by atoms with E-state index in [-0.39, 0.29) is 42.1 Å². The molecule has 0 aliphatic heterocycles. The molecule has 0 heterocycles. The van der Waals surface area contributed by atoms with Gasteiger partial charge in [0.15, 0.2) is 0 Å². The van der Waals surface area contributed by atoms with Gasteiger partial charge >= 0.3 is 11.9 Å². The van der Waals surface area contributed by atoms with Crippen LogP contribution in [-0.2, 0) is 19.1 Å². The van der Waals surface area contributed by atoms with E-state index in [4.69, 9.17) is 20.1 Å². The molecule has 0 amide bonds. The first-order chi connectivity index (χ1) is 21.3. The second kappa shape index (κ2) is 31.0. The fourth-order valence-electron chi connectivity index (χ4n) is 3.80. The van der Waals surface area contributed by atoms with Crippen LogP contribution in [0.15, 0.2) is 91.0 Å². The molecule has 3 aromatic rings. The average molecular weight is 839 g/mol. The van der Waals surface area contributed by atoms with Crippen molar-refractivity contribution in [1.29, 1.82) is 0 Å². The van der Waals surface area contributed by atoms with Gasteiger partial charge in [-0.1, -0.05) is 86.5 Å². The molecule has 0 atom stereocenters. The molecular weight excluding hydrogens is 791 g/mol. The highest BCUT2D eigenvalue weighted by atomic mass is 79.9. The lowest BCUT2D eigenvalue weighted by Gasteiger charge is -2.27. The summed E-state index contributed by atoms with van der Waals surface area (Å²) in [5.41, 5.74) is 0. The van der Waals surface area contributed by atoms with Crippen LogP contribution in [-0.4, -0.2) is 77.1 Å². The van der Waals surface area contributed by atoms with E-state index in [1.165, 1.54) is 29.8 Å². The van der Waals surface area contributed by atoms with E-state index < -0.39 is 7.26 Å². The van der Waals surface area contributed by atoms with Crippen molar-refractivity contribution < 1.29 is 51.4 Å². The van der Waals surface area contributed by atoms with Crippen LogP contribution in [0.3, 0.4) is 0 Å². The van der Waals surface area contributed by atoms with Crippen LogP contribution in [0.25, 0.3) is 0 Å². The van der Waals surface area contributed by atoms with Gasteiger partial charge in [-0.25, -0.2) is 0 Å². The van der Waals surface area contributed by atoms with Crippen LogP contribution in [0.1, 0.15) is 39.5 Å². The van der Waals surface area contributed by atoms with Gasteiger partial charge in [0, 0.05) is 50.7 Å². The quantitative estimate of drug-likeness (QED) is 0.0991. The number of hydrogen-bond acceptors (Lipinski definition) is 7. The van der Waals surface area contributed by atoms with E-state index >= 15 is 0 Å². The minimum Gasteiger partial charge on any atom is -1.00 e. The first-order valence-electron chi connectivity index (χ1n) is 14.6. The largest absolute Gasteiger partial charge is 1.00 e. The molecule has 0 spiro atoms. The van der Waals surface area contributed by atoms with Crippen molar-refractivity contribution in [3.8, 4) is 0 Å². The number of aliphatic hydroxyl groups excluding tert-OH is 3. The predicted molar refractivity (Wildman–Crippen MR) is 191 cm³/mol. The highest BCUT2D eigenvalue weighted by molar-refractivity contribution is 9.09. The fourth-order valence-corrected chi connectivity index (χ4v) is 8.60. The maximum Gasteiger partial charge on any atom is 0.302 e. The summed E-state index contributed by atoms with van der Waals surface area (Å²) in [7, 11) is -1.80. The van der Waals surface area contributed by atoms with Gasteiger partial charge in [-0.2, -0.15) is 0 Å². The lowest BCUT2D eigenvalue weighted by Crippen LogP contribution is -3.00. The van der Waals surface area contributed by atoms with E-state index in [0.29, 0.717) is 26.2 Å². The molecular formula is C34H48Br3O7P. The van der Waals surface area contributed by atoms with Gasteiger partial charge in [-0.15, -0.1) is 0 Å². The Balaban J connectivity index is 0. The third-order valence-corrected chi connectivity index (χ3v) is 11.4. The van der Waals surface area contributed by atoms with Crippen LogP contribution in [0.2, 0.25) is 0 Å². The number of aliphatic hydroxyl groups is 3. The lowest BCUT2D eigenvalue weighted by atomic mass is 10.4. The number of halogens is 3. The zero-order chi connectivity index (χ0) is 32.9. The number of hydrogen-bond donors (Lipinski definition) is 3. The summed E-state index contributed by atoms with van der Waals surface area (Å²) < 4.78 is 9.84. The molecule has 0 unspecified atom stereocenters. The first kappa shape index (κ1) is 45.5. The smallest absolute Gasteiger partial charge is 0.302 e.